The van der Waals surface area contributed by atoms with Gasteiger partial charge < -0.3 is 5.32 Å². The summed E-state index contributed by atoms with van der Waals surface area (Å²) >= 11 is 1.91. The van der Waals surface area contributed by atoms with E-state index in [4.69, 9.17) is 0 Å². The fourth-order valence-electron chi connectivity index (χ4n) is 3.15. The summed E-state index contributed by atoms with van der Waals surface area (Å²) in [6, 6.07) is 15.2. The Hall–Kier alpha value is -2.50. The first-order chi connectivity index (χ1) is 12.6. The minimum atomic E-state index is 0.522. The maximum atomic E-state index is 4.00. The van der Waals surface area contributed by atoms with Gasteiger partial charge in [0.25, 0.3) is 0 Å². The Labute approximate surface area is 161 Å². The van der Waals surface area contributed by atoms with E-state index >= 15 is 0 Å². The van der Waals surface area contributed by atoms with Crippen molar-refractivity contribution in [2.75, 3.05) is 5.32 Å². The van der Waals surface area contributed by atoms with E-state index in [0.29, 0.717) is 5.92 Å². The van der Waals surface area contributed by atoms with E-state index in [9.17, 15) is 0 Å². The van der Waals surface area contributed by atoms with Crippen LogP contribution in [0.1, 0.15) is 48.3 Å². The minimum absolute atomic E-state index is 0.522. The lowest BCUT2D eigenvalue weighted by Crippen LogP contribution is -2.03. The van der Waals surface area contributed by atoms with E-state index in [2.05, 4.69) is 100 Å². The van der Waals surface area contributed by atoms with Crippen LogP contribution in [0, 0.1) is 19.8 Å². The smallest absolute Gasteiger partial charge is 0.0500 e. The van der Waals surface area contributed by atoms with Crippen molar-refractivity contribution in [3.05, 3.63) is 70.1 Å². The van der Waals surface area contributed by atoms with E-state index in [-0.39, 0.29) is 0 Å². The van der Waals surface area contributed by atoms with E-state index in [1.165, 1.54) is 37.3 Å². The van der Waals surface area contributed by atoms with Crippen molar-refractivity contribution >= 4 is 33.2 Å². The molecule has 0 fully saturated rings. The molecule has 0 saturated heterocycles. The van der Waals surface area contributed by atoms with Crippen LogP contribution in [0.4, 0.5) is 5.69 Å². The zero-order valence-electron chi connectivity index (χ0n) is 16.0. The van der Waals surface area contributed by atoms with Gasteiger partial charge in [-0.3, -0.25) is 0 Å². The lowest BCUT2D eigenvalue weighted by Gasteiger charge is -2.14. The van der Waals surface area contributed by atoms with Crippen LogP contribution in [0.5, 0.6) is 0 Å². The van der Waals surface area contributed by atoms with E-state index in [1.54, 1.807) is 0 Å². The Balaban J connectivity index is 0.00000117. The van der Waals surface area contributed by atoms with Gasteiger partial charge in [-0.1, -0.05) is 62.4 Å². The van der Waals surface area contributed by atoms with Gasteiger partial charge in [0.1, 0.15) is 0 Å². The summed E-state index contributed by atoms with van der Waals surface area (Å²) in [4.78, 5) is 1.40. The molecule has 134 valence electrons. The molecule has 0 bridgehead atoms. The number of hydrogen-bond acceptors (Lipinski definition) is 2. The summed E-state index contributed by atoms with van der Waals surface area (Å²) in [5.41, 5.74) is 5.34. The summed E-state index contributed by atoms with van der Waals surface area (Å²) in [6.07, 6.45) is 12.4. The van der Waals surface area contributed by atoms with Gasteiger partial charge in [0.15, 0.2) is 0 Å². The summed E-state index contributed by atoms with van der Waals surface area (Å²) in [5.74, 6) is 0.522. The third-order valence-corrected chi connectivity index (χ3v) is 5.74. The van der Waals surface area contributed by atoms with Crippen LogP contribution in [-0.2, 0) is 6.54 Å². The average molecular weight is 362 g/mol. The summed E-state index contributed by atoms with van der Waals surface area (Å²) in [5, 5.41) is 5.03. The van der Waals surface area contributed by atoms with Gasteiger partial charge in [-0.05, 0) is 42.5 Å². The molecule has 0 spiro atoms. The quantitative estimate of drug-likeness (QED) is 0.473. The Morgan fingerprint density at radius 1 is 1.08 bits per heavy atom. The van der Waals surface area contributed by atoms with E-state index in [0.717, 1.165) is 6.54 Å². The first-order valence-electron chi connectivity index (χ1n) is 8.91. The second kappa shape index (κ2) is 9.27. The maximum Gasteiger partial charge on any atom is 0.0500 e. The maximum absolute atomic E-state index is 4.00. The molecule has 26 heavy (non-hydrogen) atoms. The normalized spacial score (nSPS) is 10.9. The number of anilines is 1. The molecule has 1 aromatic heterocycles. The summed E-state index contributed by atoms with van der Waals surface area (Å²) in [6.45, 7) is 9.64. The predicted octanol–water partition coefficient (Wildman–Crippen LogP) is 7.23. The fraction of sp³-hybridized carbons (Fsp3) is 0.250. The van der Waals surface area contributed by atoms with Crippen LogP contribution in [0.15, 0.2) is 48.5 Å². The van der Waals surface area contributed by atoms with E-state index < -0.39 is 0 Å². The minimum Gasteiger partial charge on any atom is -0.380 e. The number of hydrogen-bond donors (Lipinski definition) is 1. The molecule has 3 aromatic rings. The van der Waals surface area contributed by atoms with Crippen molar-refractivity contribution < 1.29 is 0 Å². The Morgan fingerprint density at radius 3 is 2.50 bits per heavy atom. The number of aryl methyl sites for hydroxylation is 1. The standard InChI is InChI=1S/C22H25NS.C2H2/c1-5-9-18-19-12-8-10-16(4)22(19)24-21(18)14-23-20-13-7-6-11-17(20)15(2)3;1-2/h5-13,15,23H,14H2,1-4H3;1-2H/b9-5-;. The largest absolute Gasteiger partial charge is 0.380 e. The molecule has 0 aliphatic carbocycles. The second-order valence-corrected chi connectivity index (χ2v) is 7.59. The zero-order chi connectivity index (χ0) is 19.1. The number of allylic oxidation sites excluding steroid dienone is 1. The van der Waals surface area contributed by atoms with E-state index in [1.807, 2.05) is 11.3 Å². The number of rotatable bonds is 5. The highest BCUT2D eigenvalue weighted by atomic mass is 32.1. The van der Waals surface area contributed by atoms with Gasteiger partial charge in [0, 0.05) is 20.7 Å². The summed E-state index contributed by atoms with van der Waals surface area (Å²) < 4.78 is 1.40. The molecular formula is C24H27NS. The van der Waals surface area contributed by atoms with Crippen LogP contribution in [0.2, 0.25) is 0 Å². The molecule has 1 nitrogen and oxygen atoms in total. The molecular weight excluding hydrogens is 334 g/mol. The molecule has 0 aliphatic heterocycles. The van der Waals surface area contributed by atoms with Crippen LogP contribution in [0.25, 0.3) is 16.2 Å². The summed E-state index contributed by atoms with van der Waals surface area (Å²) in [7, 11) is 0. The van der Waals surface area contributed by atoms with Gasteiger partial charge in [-0.2, -0.15) is 0 Å². The van der Waals surface area contributed by atoms with Crippen molar-refractivity contribution in [1.29, 1.82) is 0 Å². The molecule has 2 heteroatoms. The highest BCUT2D eigenvalue weighted by molar-refractivity contribution is 7.19. The molecule has 0 aliphatic rings. The van der Waals surface area contributed by atoms with Crippen LogP contribution in [0.3, 0.4) is 0 Å². The van der Waals surface area contributed by atoms with Crippen molar-refractivity contribution in [2.24, 2.45) is 0 Å². The molecule has 0 amide bonds. The monoisotopic (exact) mass is 361 g/mol. The number of para-hydroxylation sites is 1. The number of fused-ring (bicyclic) bond motifs is 1. The molecule has 3 rings (SSSR count). The molecule has 0 saturated carbocycles. The molecule has 1 N–H and O–H groups in total. The topological polar surface area (TPSA) is 12.0 Å². The Kier molecular flexibility index (Phi) is 7.06. The van der Waals surface area contributed by atoms with Crippen molar-refractivity contribution in [3.8, 4) is 12.8 Å². The molecule has 0 radical (unpaired) electrons. The zero-order valence-corrected chi connectivity index (χ0v) is 16.9. The third-order valence-electron chi connectivity index (χ3n) is 4.38. The lowest BCUT2D eigenvalue weighted by atomic mass is 10.0. The van der Waals surface area contributed by atoms with Crippen LogP contribution >= 0.6 is 11.3 Å². The highest BCUT2D eigenvalue weighted by Gasteiger charge is 2.12. The number of thiophene rings is 1. The molecule has 0 unspecified atom stereocenters. The van der Waals surface area contributed by atoms with Gasteiger partial charge in [-0.25, -0.2) is 0 Å². The molecule has 0 atom stereocenters. The Bertz CT molecular complexity index is 912. The van der Waals surface area contributed by atoms with Crippen LogP contribution < -0.4 is 5.32 Å². The number of benzene rings is 2. The second-order valence-electron chi connectivity index (χ2n) is 6.49. The fourth-order valence-corrected chi connectivity index (χ4v) is 4.34. The SMILES string of the molecule is C#C.C/C=C\c1c(CNc2ccccc2C(C)C)sc2c(C)cccc12. The average Bonchev–Trinajstić information content (AvgIpc) is 3.01. The van der Waals surface area contributed by atoms with Gasteiger partial charge in [0.2, 0.25) is 0 Å². The third kappa shape index (κ3) is 4.18. The first-order valence-corrected chi connectivity index (χ1v) is 9.73. The number of nitrogens with one attached hydrogen (secondary N) is 1. The van der Waals surface area contributed by atoms with Crippen molar-refractivity contribution in [1.82, 2.24) is 0 Å². The highest BCUT2D eigenvalue weighted by Crippen LogP contribution is 2.35. The first kappa shape index (κ1) is 19.8. The molecule has 1 heterocycles. The predicted molar refractivity (Wildman–Crippen MR) is 119 cm³/mol. The number of terminal acetylenes is 1. The van der Waals surface area contributed by atoms with Gasteiger partial charge in [-0.15, -0.1) is 24.2 Å². The lowest BCUT2D eigenvalue weighted by molar-refractivity contribution is 0.866. The van der Waals surface area contributed by atoms with Crippen molar-refractivity contribution in [2.45, 2.75) is 40.2 Å². The molecule has 2 aromatic carbocycles. The van der Waals surface area contributed by atoms with Crippen molar-refractivity contribution in [3.63, 3.8) is 0 Å². The van der Waals surface area contributed by atoms with Gasteiger partial charge in [0.05, 0.1) is 6.54 Å². The Morgan fingerprint density at radius 2 is 1.81 bits per heavy atom. The van der Waals surface area contributed by atoms with Crippen LogP contribution in [-0.4, -0.2) is 0 Å². The van der Waals surface area contributed by atoms with Gasteiger partial charge >= 0.3 is 0 Å².